The molecule has 0 amide bonds. The molecule has 2 heteroatoms. The van der Waals surface area contributed by atoms with Crippen LogP contribution in [0.3, 0.4) is 0 Å². The molecular weight excluding hydrogens is 116 g/mol. The van der Waals surface area contributed by atoms with Crippen LogP contribution in [-0.4, -0.2) is 23.4 Å². The van der Waals surface area contributed by atoms with Crippen LogP contribution in [0.15, 0.2) is 0 Å². The monoisotopic (exact) mass is 130 g/mol. The van der Waals surface area contributed by atoms with E-state index in [2.05, 4.69) is 0 Å². The Hall–Kier alpha value is -0.0800. The van der Waals surface area contributed by atoms with E-state index in [1.807, 2.05) is 0 Å². The smallest absolute Gasteiger partial charge is 0.0462 e. The Morgan fingerprint density at radius 3 is 1.78 bits per heavy atom. The molecule has 0 spiro atoms. The lowest BCUT2D eigenvalue weighted by Gasteiger charge is -2.12. The van der Waals surface area contributed by atoms with Crippen LogP contribution in [-0.2, 0) is 0 Å². The van der Waals surface area contributed by atoms with Crippen molar-refractivity contribution in [2.24, 2.45) is 11.8 Å². The number of aliphatic hydroxyl groups excluding tert-OH is 2. The maximum atomic E-state index is 8.76. The van der Waals surface area contributed by atoms with Gasteiger partial charge < -0.3 is 10.2 Å². The molecule has 1 rings (SSSR count). The zero-order valence-electron chi connectivity index (χ0n) is 5.58. The molecule has 0 heterocycles. The first-order valence-corrected chi connectivity index (χ1v) is 3.60. The highest BCUT2D eigenvalue weighted by Crippen LogP contribution is 2.30. The third kappa shape index (κ3) is 1.43. The molecule has 1 saturated carbocycles. The van der Waals surface area contributed by atoms with E-state index >= 15 is 0 Å². The molecule has 0 radical (unpaired) electrons. The Balaban J connectivity index is 2.32. The Kier molecular flexibility index (Phi) is 2.49. The van der Waals surface area contributed by atoms with E-state index in [4.69, 9.17) is 10.2 Å². The topological polar surface area (TPSA) is 40.5 Å². The van der Waals surface area contributed by atoms with Crippen LogP contribution in [0.1, 0.15) is 19.3 Å². The maximum Gasteiger partial charge on any atom is 0.0462 e. The van der Waals surface area contributed by atoms with Gasteiger partial charge in [0.1, 0.15) is 0 Å². The van der Waals surface area contributed by atoms with Crippen molar-refractivity contribution in [2.75, 3.05) is 13.2 Å². The van der Waals surface area contributed by atoms with E-state index in [-0.39, 0.29) is 13.2 Å². The van der Waals surface area contributed by atoms with Crippen molar-refractivity contribution in [3.8, 4) is 0 Å². The molecule has 54 valence electrons. The first-order valence-electron chi connectivity index (χ1n) is 3.60. The van der Waals surface area contributed by atoms with Gasteiger partial charge in [0.2, 0.25) is 0 Å². The van der Waals surface area contributed by atoms with Crippen LogP contribution in [0.5, 0.6) is 0 Å². The lowest BCUT2D eigenvalue weighted by molar-refractivity contribution is 0.141. The molecule has 2 nitrogen and oxygen atoms in total. The quantitative estimate of drug-likeness (QED) is 0.567. The fraction of sp³-hybridized carbons (Fsp3) is 1.00. The summed E-state index contributed by atoms with van der Waals surface area (Å²) < 4.78 is 0. The van der Waals surface area contributed by atoms with Crippen LogP contribution in [0.4, 0.5) is 0 Å². The van der Waals surface area contributed by atoms with Crippen LogP contribution in [0.2, 0.25) is 0 Å². The van der Waals surface area contributed by atoms with Crippen molar-refractivity contribution in [1.29, 1.82) is 0 Å². The summed E-state index contributed by atoms with van der Waals surface area (Å²) in [6.07, 6.45) is 3.37. The molecule has 0 bridgehead atoms. The fourth-order valence-electron chi connectivity index (χ4n) is 1.59. The zero-order valence-corrected chi connectivity index (χ0v) is 5.58. The summed E-state index contributed by atoms with van der Waals surface area (Å²) in [5, 5.41) is 17.5. The number of hydrogen-bond acceptors (Lipinski definition) is 2. The highest BCUT2D eigenvalue weighted by molar-refractivity contribution is 4.75. The molecule has 0 aromatic carbocycles. The summed E-state index contributed by atoms with van der Waals surface area (Å²) in [6.45, 7) is 0.510. The highest BCUT2D eigenvalue weighted by atomic mass is 16.3. The minimum atomic E-state index is 0.255. The van der Waals surface area contributed by atoms with Gasteiger partial charge in [0.05, 0.1) is 0 Å². The fourth-order valence-corrected chi connectivity index (χ4v) is 1.59. The van der Waals surface area contributed by atoms with Crippen LogP contribution in [0.25, 0.3) is 0 Å². The van der Waals surface area contributed by atoms with Gasteiger partial charge in [-0.3, -0.25) is 0 Å². The second kappa shape index (κ2) is 3.18. The molecule has 9 heavy (non-hydrogen) atoms. The molecule has 0 saturated heterocycles. The summed E-state index contributed by atoms with van der Waals surface area (Å²) in [7, 11) is 0. The van der Waals surface area contributed by atoms with Gasteiger partial charge in [-0.05, 0) is 24.7 Å². The Morgan fingerprint density at radius 1 is 1.00 bits per heavy atom. The second-order valence-electron chi connectivity index (χ2n) is 2.82. The van der Waals surface area contributed by atoms with Gasteiger partial charge in [0.25, 0.3) is 0 Å². The largest absolute Gasteiger partial charge is 0.396 e. The standard InChI is InChI=1S/C7H14O2/c8-4-6-2-1-3-7(6)5-9/h6-9H,1-5H2. The molecular formula is C7H14O2. The summed E-state index contributed by atoms with van der Waals surface area (Å²) in [5.41, 5.74) is 0. The first kappa shape index (κ1) is 7.03. The number of rotatable bonds is 2. The summed E-state index contributed by atoms with van der Waals surface area (Å²) in [6, 6.07) is 0. The van der Waals surface area contributed by atoms with Crippen LogP contribution in [0, 0.1) is 11.8 Å². The van der Waals surface area contributed by atoms with Crippen molar-refractivity contribution in [1.82, 2.24) is 0 Å². The van der Waals surface area contributed by atoms with Crippen LogP contribution < -0.4 is 0 Å². The SMILES string of the molecule is OCC1CCCC1CO. The van der Waals surface area contributed by atoms with Crippen molar-refractivity contribution in [2.45, 2.75) is 19.3 Å². The third-order valence-electron chi connectivity index (χ3n) is 2.29. The minimum Gasteiger partial charge on any atom is -0.396 e. The van der Waals surface area contributed by atoms with Crippen molar-refractivity contribution in [3.05, 3.63) is 0 Å². The average Bonchev–Trinajstić information content (AvgIpc) is 2.33. The van der Waals surface area contributed by atoms with E-state index < -0.39 is 0 Å². The van der Waals surface area contributed by atoms with Crippen molar-refractivity contribution < 1.29 is 10.2 Å². The van der Waals surface area contributed by atoms with E-state index in [9.17, 15) is 0 Å². The van der Waals surface area contributed by atoms with E-state index in [0.29, 0.717) is 11.8 Å². The average molecular weight is 130 g/mol. The Morgan fingerprint density at radius 2 is 1.44 bits per heavy atom. The molecule has 2 atom stereocenters. The molecule has 1 aliphatic carbocycles. The number of aliphatic hydroxyl groups is 2. The van der Waals surface area contributed by atoms with Gasteiger partial charge in [-0.25, -0.2) is 0 Å². The summed E-state index contributed by atoms with van der Waals surface area (Å²) >= 11 is 0. The lowest BCUT2D eigenvalue weighted by atomic mass is 9.98. The first-order chi connectivity index (χ1) is 4.38. The molecule has 0 aromatic rings. The van der Waals surface area contributed by atoms with Gasteiger partial charge in [0, 0.05) is 13.2 Å². The van der Waals surface area contributed by atoms with E-state index in [1.165, 1.54) is 6.42 Å². The maximum absolute atomic E-state index is 8.76. The van der Waals surface area contributed by atoms with Gasteiger partial charge in [-0.2, -0.15) is 0 Å². The predicted octanol–water partition coefficient (Wildman–Crippen LogP) is 0.387. The zero-order chi connectivity index (χ0) is 6.69. The van der Waals surface area contributed by atoms with Crippen molar-refractivity contribution in [3.63, 3.8) is 0 Å². The van der Waals surface area contributed by atoms with Crippen LogP contribution >= 0.6 is 0 Å². The van der Waals surface area contributed by atoms with Gasteiger partial charge >= 0.3 is 0 Å². The van der Waals surface area contributed by atoms with Gasteiger partial charge in [-0.1, -0.05) is 6.42 Å². The van der Waals surface area contributed by atoms with E-state index in [1.54, 1.807) is 0 Å². The van der Waals surface area contributed by atoms with Gasteiger partial charge in [0.15, 0.2) is 0 Å². The summed E-state index contributed by atoms with van der Waals surface area (Å²) in [4.78, 5) is 0. The molecule has 2 unspecified atom stereocenters. The molecule has 0 aliphatic heterocycles. The number of hydrogen-bond donors (Lipinski definition) is 2. The molecule has 0 aromatic heterocycles. The Labute approximate surface area is 55.5 Å². The Bertz CT molecular complexity index is 73.0. The minimum absolute atomic E-state index is 0.255. The predicted molar refractivity (Wildman–Crippen MR) is 35.0 cm³/mol. The highest BCUT2D eigenvalue weighted by Gasteiger charge is 2.25. The summed E-state index contributed by atoms with van der Waals surface area (Å²) in [5.74, 6) is 0.769. The molecule has 1 aliphatic rings. The molecule has 2 N–H and O–H groups in total. The van der Waals surface area contributed by atoms with Gasteiger partial charge in [-0.15, -0.1) is 0 Å². The normalized spacial score (nSPS) is 35.3. The van der Waals surface area contributed by atoms with E-state index in [0.717, 1.165) is 12.8 Å². The molecule has 1 fully saturated rings. The van der Waals surface area contributed by atoms with Crippen molar-refractivity contribution >= 4 is 0 Å². The second-order valence-corrected chi connectivity index (χ2v) is 2.82. The lowest BCUT2D eigenvalue weighted by Crippen LogP contribution is -2.15. The third-order valence-corrected chi connectivity index (χ3v) is 2.29.